The Morgan fingerprint density at radius 3 is 2.60 bits per heavy atom. The van der Waals surface area contributed by atoms with Crippen LogP contribution in [0, 0.1) is 17.2 Å². The summed E-state index contributed by atoms with van der Waals surface area (Å²) in [4.78, 5) is 47.5. The Bertz CT molecular complexity index is 846. The fourth-order valence-corrected chi connectivity index (χ4v) is 4.55. The van der Waals surface area contributed by atoms with Crippen molar-refractivity contribution in [3.8, 4) is 6.07 Å². The first-order chi connectivity index (χ1) is 14.6. The lowest BCUT2D eigenvalue weighted by Gasteiger charge is -2.36. The van der Waals surface area contributed by atoms with Gasteiger partial charge in [-0.3, -0.25) is 19.4 Å². The molecule has 1 aromatic rings. The zero-order valence-corrected chi connectivity index (χ0v) is 16.9. The number of aromatic nitrogens is 1. The third-order valence-electron chi connectivity index (χ3n) is 6.27. The van der Waals surface area contributed by atoms with Crippen LogP contribution in [-0.2, 0) is 14.4 Å². The van der Waals surface area contributed by atoms with Crippen LogP contribution in [0.3, 0.4) is 0 Å². The van der Waals surface area contributed by atoms with E-state index in [4.69, 9.17) is 0 Å². The van der Waals surface area contributed by atoms with E-state index in [0.717, 1.165) is 25.2 Å². The van der Waals surface area contributed by atoms with Crippen LogP contribution in [-0.4, -0.2) is 77.3 Å². The molecule has 30 heavy (non-hydrogen) atoms. The number of pyridine rings is 1. The van der Waals surface area contributed by atoms with Gasteiger partial charge >= 0.3 is 0 Å². The fraction of sp³-hybridized carbons (Fsp3) is 0.571. The molecule has 0 spiro atoms. The fourth-order valence-electron chi connectivity index (χ4n) is 4.55. The Hall–Kier alpha value is -3.15. The van der Waals surface area contributed by atoms with Gasteiger partial charge in [0.1, 0.15) is 12.1 Å². The lowest BCUT2D eigenvalue weighted by atomic mass is 9.99. The largest absolute Gasteiger partial charge is 0.368 e. The molecule has 9 nitrogen and oxygen atoms in total. The number of hydrogen-bond acceptors (Lipinski definition) is 6. The zero-order chi connectivity index (χ0) is 21.1. The highest BCUT2D eigenvalue weighted by molar-refractivity contribution is 5.94. The minimum Gasteiger partial charge on any atom is -0.368 e. The second-order valence-corrected chi connectivity index (χ2v) is 8.09. The highest BCUT2D eigenvalue weighted by Crippen LogP contribution is 2.25. The van der Waals surface area contributed by atoms with Crippen molar-refractivity contribution in [1.29, 1.82) is 5.26 Å². The number of nitrogens with one attached hydrogen (secondary N) is 1. The normalized spacial score (nSPS) is 26.4. The molecule has 0 bridgehead atoms. The number of piperazine rings is 1. The van der Waals surface area contributed by atoms with Crippen LogP contribution >= 0.6 is 0 Å². The zero-order valence-electron chi connectivity index (χ0n) is 16.9. The van der Waals surface area contributed by atoms with Crippen LogP contribution in [0.25, 0.3) is 0 Å². The Kier molecular flexibility index (Phi) is 5.84. The van der Waals surface area contributed by atoms with Gasteiger partial charge in [-0.15, -0.1) is 0 Å². The van der Waals surface area contributed by atoms with Gasteiger partial charge in [0.05, 0.1) is 6.07 Å². The van der Waals surface area contributed by atoms with Gasteiger partial charge in [0.15, 0.2) is 0 Å². The molecule has 3 saturated heterocycles. The SMILES string of the molecule is N#C[C@@H]1CCCN1C(=O)[C@@H]1C[C@@H](CC(=O)N2CCN(c3ccncc3)CC2)C(=O)N1. The van der Waals surface area contributed by atoms with Crippen molar-refractivity contribution in [2.24, 2.45) is 5.92 Å². The molecule has 1 aromatic heterocycles. The molecule has 158 valence electrons. The Balaban J connectivity index is 1.28. The van der Waals surface area contributed by atoms with Gasteiger partial charge in [-0.05, 0) is 31.4 Å². The summed E-state index contributed by atoms with van der Waals surface area (Å²) < 4.78 is 0. The Labute approximate surface area is 175 Å². The van der Waals surface area contributed by atoms with Gasteiger partial charge in [-0.1, -0.05) is 0 Å². The highest BCUT2D eigenvalue weighted by Gasteiger charge is 2.42. The molecule has 1 N–H and O–H groups in total. The number of hydrogen-bond donors (Lipinski definition) is 1. The van der Waals surface area contributed by atoms with E-state index in [0.29, 0.717) is 32.5 Å². The van der Waals surface area contributed by atoms with E-state index in [1.54, 1.807) is 22.2 Å². The van der Waals surface area contributed by atoms with Gasteiger partial charge < -0.3 is 20.0 Å². The van der Waals surface area contributed by atoms with E-state index < -0.39 is 18.0 Å². The number of likely N-dealkylation sites (tertiary alicyclic amines) is 1. The molecule has 0 unspecified atom stereocenters. The van der Waals surface area contributed by atoms with Crippen molar-refractivity contribution in [3.63, 3.8) is 0 Å². The summed E-state index contributed by atoms with van der Waals surface area (Å²) in [5.74, 6) is -0.986. The van der Waals surface area contributed by atoms with E-state index in [2.05, 4.69) is 21.3 Å². The smallest absolute Gasteiger partial charge is 0.246 e. The van der Waals surface area contributed by atoms with Gasteiger partial charge in [0.25, 0.3) is 0 Å². The minimum atomic E-state index is -0.632. The molecule has 0 saturated carbocycles. The van der Waals surface area contributed by atoms with E-state index >= 15 is 0 Å². The lowest BCUT2D eigenvalue weighted by Crippen LogP contribution is -2.49. The second kappa shape index (κ2) is 8.69. The highest BCUT2D eigenvalue weighted by atomic mass is 16.2. The van der Waals surface area contributed by atoms with Gasteiger partial charge in [-0.25, -0.2) is 0 Å². The third kappa shape index (κ3) is 4.08. The van der Waals surface area contributed by atoms with Crippen LogP contribution in [0.5, 0.6) is 0 Å². The maximum Gasteiger partial charge on any atom is 0.246 e. The predicted octanol–water partition coefficient (Wildman–Crippen LogP) is 0.140. The standard InChI is InChI=1S/C21H26N6O3/c22-14-17-2-1-7-27(17)21(30)18-12-15(20(29)24-18)13-19(28)26-10-8-25(9-11-26)16-3-5-23-6-4-16/h3-6,15,17-18H,1-2,7-13H2,(H,24,29)/t15-,17-,18-/m0/s1. The number of nitrogens with zero attached hydrogens (tertiary/aromatic N) is 5. The molecule has 0 aromatic carbocycles. The summed E-state index contributed by atoms with van der Waals surface area (Å²) in [6.07, 6.45) is 5.42. The molecule has 3 amide bonds. The van der Waals surface area contributed by atoms with Crippen molar-refractivity contribution >= 4 is 23.4 Å². The second-order valence-electron chi connectivity index (χ2n) is 8.09. The number of nitriles is 1. The van der Waals surface area contributed by atoms with Crippen molar-refractivity contribution in [2.45, 2.75) is 37.8 Å². The number of carbonyl (C=O) groups excluding carboxylic acids is 3. The summed E-state index contributed by atoms with van der Waals surface area (Å²) >= 11 is 0. The molecule has 0 radical (unpaired) electrons. The average Bonchev–Trinajstić information content (AvgIpc) is 3.40. The van der Waals surface area contributed by atoms with Crippen LogP contribution < -0.4 is 10.2 Å². The van der Waals surface area contributed by atoms with Crippen molar-refractivity contribution in [3.05, 3.63) is 24.5 Å². The molecule has 3 aliphatic rings. The van der Waals surface area contributed by atoms with E-state index in [-0.39, 0.29) is 24.1 Å². The van der Waals surface area contributed by atoms with E-state index in [1.807, 2.05) is 12.1 Å². The molecule has 4 rings (SSSR count). The molecular formula is C21H26N6O3. The van der Waals surface area contributed by atoms with Crippen LogP contribution in [0.15, 0.2) is 24.5 Å². The first kappa shape index (κ1) is 20.1. The summed E-state index contributed by atoms with van der Waals surface area (Å²) in [5, 5.41) is 11.9. The molecule has 3 atom stereocenters. The van der Waals surface area contributed by atoms with Crippen molar-refractivity contribution in [1.82, 2.24) is 20.1 Å². The van der Waals surface area contributed by atoms with Gasteiger partial charge in [0.2, 0.25) is 17.7 Å². The maximum absolute atomic E-state index is 12.8. The average molecular weight is 410 g/mol. The van der Waals surface area contributed by atoms with Crippen LogP contribution in [0.2, 0.25) is 0 Å². The third-order valence-corrected chi connectivity index (χ3v) is 6.27. The molecule has 4 heterocycles. The molecule has 0 aliphatic carbocycles. The van der Waals surface area contributed by atoms with Crippen molar-refractivity contribution < 1.29 is 14.4 Å². The van der Waals surface area contributed by atoms with E-state index in [9.17, 15) is 19.6 Å². The predicted molar refractivity (Wildman–Crippen MR) is 108 cm³/mol. The number of anilines is 1. The Morgan fingerprint density at radius 1 is 1.17 bits per heavy atom. The summed E-state index contributed by atoms with van der Waals surface area (Å²) in [7, 11) is 0. The first-order valence-corrected chi connectivity index (χ1v) is 10.5. The van der Waals surface area contributed by atoms with Crippen LogP contribution in [0.1, 0.15) is 25.7 Å². The number of amides is 3. The van der Waals surface area contributed by atoms with Gasteiger partial charge in [-0.2, -0.15) is 5.26 Å². The quantitative estimate of drug-likeness (QED) is 0.756. The lowest BCUT2D eigenvalue weighted by molar-refractivity contribution is -0.135. The Morgan fingerprint density at radius 2 is 1.90 bits per heavy atom. The minimum absolute atomic E-state index is 0.0475. The van der Waals surface area contributed by atoms with Crippen LogP contribution in [0.4, 0.5) is 5.69 Å². The molecule has 3 fully saturated rings. The van der Waals surface area contributed by atoms with Crippen molar-refractivity contribution in [2.75, 3.05) is 37.6 Å². The van der Waals surface area contributed by atoms with Gasteiger partial charge in [0, 0.05) is 63.1 Å². The summed E-state index contributed by atoms with van der Waals surface area (Å²) in [5.41, 5.74) is 1.09. The maximum atomic E-state index is 12.8. The summed E-state index contributed by atoms with van der Waals surface area (Å²) in [6, 6.07) is 5.02. The monoisotopic (exact) mass is 410 g/mol. The molecule has 3 aliphatic heterocycles. The first-order valence-electron chi connectivity index (χ1n) is 10.5. The number of carbonyl (C=O) groups is 3. The summed E-state index contributed by atoms with van der Waals surface area (Å²) in [6.45, 7) is 3.23. The molecule has 9 heteroatoms. The van der Waals surface area contributed by atoms with E-state index in [1.165, 1.54) is 0 Å². The molecular weight excluding hydrogens is 384 g/mol. The topological polar surface area (TPSA) is 110 Å². The number of rotatable bonds is 4.